The first-order chi connectivity index (χ1) is 6.15. The molecule has 3 N–H and O–H groups in total. The van der Waals surface area contributed by atoms with Crippen molar-refractivity contribution in [3.05, 3.63) is 35.1 Å². The minimum atomic E-state index is -0.222. The van der Waals surface area contributed by atoms with Crippen LogP contribution in [0.1, 0.15) is 23.6 Å². The van der Waals surface area contributed by atoms with Crippen LogP contribution >= 0.6 is 0 Å². The topological polar surface area (TPSA) is 46.2 Å². The van der Waals surface area contributed by atoms with Gasteiger partial charge in [-0.1, -0.05) is 12.1 Å². The number of halogens is 1. The molecule has 1 rings (SSSR count). The van der Waals surface area contributed by atoms with Crippen molar-refractivity contribution in [3.8, 4) is 0 Å². The molecule has 0 aliphatic rings. The van der Waals surface area contributed by atoms with Crippen LogP contribution in [0.2, 0.25) is 0 Å². The first-order valence-electron chi connectivity index (χ1n) is 4.27. The molecule has 2 nitrogen and oxygen atoms in total. The Hall–Kier alpha value is -0.930. The van der Waals surface area contributed by atoms with E-state index in [2.05, 4.69) is 0 Å². The summed E-state index contributed by atoms with van der Waals surface area (Å²) in [6.07, 6.45) is 0.505. The van der Waals surface area contributed by atoms with Gasteiger partial charge in [-0.15, -0.1) is 0 Å². The molecule has 13 heavy (non-hydrogen) atoms. The summed E-state index contributed by atoms with van der Waals surface area (Å²) in [5.74, 6) is -0.222. The number of rotatable bonds is 3. The van der Waals surface area contributed by atoms with Crippen LogP contribution in [0, 0.1) is 12.7 Å². The number of aryl methyl sites for hydroxylation is 1. The van der Waals surface area contributed by atoms with Crippen molar-refractivity contribution in [3.63, 3.8) is 0 Å². The molecule has 0 aliphatic carbocycles. The van der Waals surface area contributed by atoms with Crippen molar-refractivity contribution >= 4 is 0 Å². The van der Waals surface area contributed by atoms with E-state index in [4.69, 9.17) is 10.8 Å². The third-order valence-corrected chi connectivity index (χ3v) is 2.05. The van der Waals surface area contributed by atoms with E-state index in [0.717, 1.165) is 5.56 Å². The molecule has 0 radical (unpaired) electrons. The van der Waals surface area contributed by atoms with Crippen molar-refractivity contribution in [2.75, 3.05) is 6.61 Å². The van der Waals surface area contributed by atoms with Crippen LogP contribution in [0.15, 0.2) is 18.2 Å². The minimum absolute atomic E-state index is 0.0532. The Labute approximate surface area is 77.2 Å². The van der Waals surface area contributed by atoms with Crippen molar-refractivity contribution in [1.82, 2.24) is 0 Å². The smallest absolute Gasteiger partial charge is 0.126 e. The summed E-state index contributed by atoms with van der Waals surface area (Å²) in [5, 5.41) is 8.67. The van der Waals surface area contributed by atoms with E-state index in [1.165, 1.54) is 6.07 Å². The maximum atomic E-state index is 12.9. The predicted molar refractivity (Wildman–Crippen MR) is 49.8 cm³/mol. The van der Waals surface area contributed by atoms with Gasteiger partial charge in [0, 0.05) is 12.6 Å². The summed E-state index contributed by atoms with van der Waals surface area (Å²) in [6, 6.07) is 4.57. The van der Waals surface area contributed by atoms with E-state index in [0.29, 0.717) is 12.0 Å². The molecule has 0 saturated carbocycles. The predicted octanol–water partition coefficient (Wildman–Crippen LogP) is 1.52. The molecule has 0 unspecified atom stereocenters. The fraction of sp³-hybridized carbons (Fsp3) is 0.400. The molecule has 0 bridgehead atoms. The Morgan fingerprint density at radius 3 is 2.77 bits per heavy atom. The van der Waals surface area contributed by atoms with E-state index in [9.17, 15) is 4.39 Å². The largest absolute Gasteiger partial charge is 0.396 e. The highest BCUT2D eigenvalue weighted by Crippen LogP contribution is 2.16. The van der Waals surface area contributed by atoms with Gasteiger partial charge in [0.2, 0.25) is 0 Å². The number of aliphatic hydroxyl groups is 1. The fourth-order valence-electron chi connectivity index (χ4n) is 1.20. The minimum Gasteiger partial charge on any atom is -0.396 e. The Morgan fingerprint density at radius 2 is 2.23 bits per heavy atom. The van der Waals surface area contributed by atoms with Gasteiger partial charge in [-0.2, -0.15) is 0 Å². The molecular weight excluding hydrogens is 169 g/mol. The highest BCUT2D eigenvalue weighted by molar-refractivity contribution is 5.26. The summed E-state index contributed by atoms with van der Waals surface area (Å²) in [6.45, 7) is 1.75. The van der Waals surface area contributed by atoms with Gasteiger partial charge in [0.1, 0.15) is 5.82 Å². The summed E-state index contributed by atoms with van der Waals surface area (Å²) < 4.78 is 12.9. The third kappa shape index (κ3) is 2.50. The first kappa shape index (κ1) is 10.2. The fourth-order valence-corrected chi connectivity index (χ4v) is 1.20. The van der Waals surface area contributed by atoms with Gasteiger partial charge in [-0.05, 0) is 30.5 Å². The lowest BCUT2D eigenvalue weighted by Crippen LogP contribution is -2.12. The van der Waals surface area contributed by atoms with Gasteiger partial charge in [-0.3, -0.25) is 0 Å². The van der Waals surface area contributed by atoms with Crippen molar-refractivity contribution in [2.45, 2.75) is 19.4 Å². The van der Waals surface area contributed by atoms with E-state index < -0.39 is 0 Å². The Balaban J connectivity index is 2.84. The van der Waals surface area contributed by atoms with Crippen LogP contribution in [0.3, 0.4) is 0 Å². The number of hydrogen-bond donors (Lipinski definition) is 2. The summed E-state index contributed by atoms with van der Waals surface area (Å²) in [7, 11) is 0. The van der Waals surface area contributed by atoms with Gasteiger partial charge < -0.3 is 10.8 Å². The molecule has 3 heteroatoms. The normalized spacial score (nSPS) is 12.9. The number of aliphatic hydroxyl groups excluding tert-OH is 1. The maximum Gasteiger partial charge on any atom is 0.126 e. The average Bonchev–Trinajstić information content (AvgIpc) is 2.10. The molecule has 0 amide bonds. The second-order valence-electron chi connectivity index (χ2n) is 3.13. The summed E-state index contributed by atoms with van der Waals surface area (Å²) in [5.41, 5.74) is 7.20. The molecule has 1 atom stereocenters. The standard InChI is InChI=1S/C10H14FNO/c1-7-6-8(2-3-9(7)11)10(12)4-5-13/h2-3,6,10,13H,4-5,12H2,1H3/t10-/m1/s1. The molecule has 0 aliphatic heterocycles. The zero-order valence-corrected chi connectivity index (χ0v) is 7.63. The monoisotopic (exact) mass is 183 g/mol. The first-order valence-corrected chi connectivity index (χ1v) is 4.27. The van der Waals surface area contributed by atoms with Gasteiger partial charge in [0.15, 0.2) is 0 Å². The number of benzene rings is 1. The van der Waals surface area contributed by atoms with Crippen molar-refractivity contribution < 1.29 is 9.50 Å². The van der Waals surface area contributed by atoms with Gasteiger partial charge in [0.25, 0.3) is 0 Å². The molecule has 0 spiro atoms. The lowest BCUT2D eigenvalue weighted by Gasteiger charge is -2.10. The van der Waals surface area contributed by atoms with E-state index in [1.54, 1.807) is 19.1 Å². The van der Waals surface area contributed by atoms with Crippen molar-refractivity contribution in [1.29, 1.82) is 0 Å². The summed E-state index contributed by atoms with van der Waals surface area (Å²) in [4.78, 5) is 0. The lowest BCUT2D eigenvalue weighted by molar-refractivity contribution is 0.276. The molecule has 72 valence electrons. The van der Waals surface area contributed by atoms with E-state index >= 15 is 0 Å². The number of nitrogens with two attached hydrogens (primary N) is 1. The van der Waals surface area contributed by atoms with Crippen LogP contribution in [0.25, 0.3) is 0 Å². The average molecular weight is 183 g/mol. The Morgan fingerprint density at radius 1 is 1.54 bits per heavy atom. The molecule has 1 aromatic rings. The zero-order valence-electron chi connectivity index (χ0n) is 7.63. The van der Waals surface area contributed by atoms with Crippen LogP contribution < -0.4 is 5.73 Å². The van der Waals surface area contributed by atoms with Crippen LogP contribution in [-0.4, -0.2) is 11.7 Å². The molecule has 0 heterocycles. The number of hydrogen-bond acceptors (Lipinski definition) is 2. The quantitative estimate of drug-likeness (QED) is 0.746. The SMILES string of the molecule is Cc1cc([C@H](N)CCO)ccc1F. The van der Waals surface area contributed by atoms with E-state index in [1.807, 2.05) is 0 Å². The van der Waals surface area contributed by atoms with Crippen LogP contribution in [0.5, 0.6) is 0 Å². The Kier molecular flexibility index (Phi) is 3.39. The van der Waals surface area contributed by atoms with Gasteiger partial charge in [0.05, 0.1) is 0 Å². The second-order valence-corrected chi connectivity index (χ2v) is 3.13. The van der Waals surface area contributed by atoms with Crippen LogP contribution in [0.4, 0.5) is 4.39 Å². The van der Waals surface area contributed by atoms with Gasteiger partial charge >= 0.3 is 0 Å². The lowest BCUT2D eigenvalue weighted by atomic mass is 10.0. The molecular formula is C10H14FNO. The molecule has 0 aromatic heterocycles. The molecule has 0 fully saturated rings. The van der Waals surface area contributed by atoms with Crippen LogP contribution in [-0.2, 0) is 0 Å². The highest BCUT2D eigenvalue weighted by atomic mass is 19.1. The summed E-state index contributed by atoms with van der Waals surface area (Å²) >= 11 is 0. The second kappa shape index (κ2) is 4.35. The molecule has 1 aromatic carbocycles. The molecule has 0 saturated heterocycles. The van der Waals surface area contributed by atoms with E-state index in [-0.39, 0.29) is 18.5 Å². The Bertz CT molecular complexity index is 288. The maximum absolute atomic E-state index is 12.9. The highest BCUT2D eigenvalue weighted by Gasteiger charge is 2.06. The zero-order chi connectivity index (χ0) is 9.84. The van der Waals surface area contributed by atoms with Gasteiger partial charge in [-0.25, -0.2) is 4.39 Å². The van der Waals surface area contributed by atoms with Crippen molar-refractivity contribution in [2.24, 2.45) is 5.73 Å². The third-order valence-electron chi connectivity index (χ3n) is 2.05.